The summed E-state index contributed by atoms with van der Waals surface area (Å²) in [4.78, 5) is 23.2. The first kappa shape index (κ1) is 17.5. The van der Waals surface area contributed by atoms with Crippen LogP contribution in [0.3, 0.4) is 0 Å². The second-order valence-electron chi connectivity index (χ2n) is 5.90. The van der Waals surface area contributed by atoms with Crippen molar-refractivity contribution >= 4 is 38.3 Å². The number of carbonyl (C=O) groups excluding carboxylic acids is 1. The number of rotatable bonds is 4. The lowest BCUT2D eigenvalue weighted by atomic mass is 10.2. The van der Waals surface area contributed by atoms with Crippen molar-refractivity contribution in [3.05, 3.63) is 39.6 Å². The lowest BCUT2D eigenvalue weighted by molar-refractivity contribution is -0.0707. The predicted molar refractivity (Wildman–Crippen MR) is 97.3 cm³/mol. The van der Waals surface area contributed by atoms with Crippen LogP contribution in [0, 0.1) is 0 Å². The van der Waals surface area contributed by atoms with Crippen molar-refractivity contribution in [1.29, 1.82) is 0 Å². The minimum Gasteiger partial charge on any atom is -0.373 e. The van der Waals surface area contributed by atoms with Crippen LogP contribution < -0.4 is 5.32 Å². The number of morpholine rings is 1. The van der Waals surface area contributed by atoms with Gasteiger partial charge >= 0.3 is 0 Å². The van der Waals surface area contributed by atoms with Gasteiger partial charge in [0.1, 0.15) is 10.3 Å². The third-order valence-corrected chi connectivity index (χ3v) is 4.85. The van der Waals surface area contributed by atoms with Gasteiger partial charge in [-0.1, -0.05) is 6.07 Å². The van der Waals surface area contributed by atoms with E-state index in [1.807, 2.05) is 5.38 Å². The van der Waals surface area contributed by atoms with Crippen molar-refractivity contribution in [3.63, 3.8) is 0 Å². The summed E-state index contributed by atoms with van der Waals surface area (Å²) in [6, 6.07) is 5.23. The summed E-state index contributed by atoms with van der Waals surface area (Å²) in [6.07, 6.45) is 0.461. The van der Waals surface area contributed by atoms with Crippen LogP contribution in [-0.2, 0) is 11.3 Å². The Morgan fingerprint density at radius 3 is 2.83 bits per heavy atom. The van der Waals surface area contributed by atoms with Gasteiger partial charge in [-0.15, -0.1) is 11.3 Å². The van der Waals surface area contributed by atoms with Crippen LogP contribution in [0.4, 0.5) is 5.13 Å². The van der Waals surface area contributed by atoms with Crippen LogP contribution in [0.5, 0.6) is 0 Å². The van der Waals surface area contributed by atoms with Crippen LogP contribution in [0.2, 0.25) is 0 Å². The molecule has 8 heteroatoms. The number of carbonyl (C=O) groups is 1. The van der Waals surface area contributed by atoms with Crippen LogP contribution in [0.15, 0.2) is 28.2 Å². The largest absolute Gasteiger partial charge is 0.373 e. The van der Waals surface area contributed by atoms with Gasteiger partial charge < -0.3 is 4.74 Å². The molecular weight excluding hydrogens is 392 g/mol. The monoisotopic (exact) mass is 410 g/mol. The molecule has 0 saturated carbocycles. The van der Waals surface area contributed by atoms with E-state index in [9.17, 15) is 4.79 Å². The van der Waals surface area contributed by atoms with Crippen LogP contribution in [-0.4, -0.2) is 46.1 Å². The molecule has 0 bridgehead atoms. The van der Waals surface area contributed by atoms with Crippen molar-refractivity contribution in [1.82, 2.24) is 14.9 Å². The first-order valence-electron chi connectivity index (χ1n) is 7.75. The molecule has 0 aliphatic carbocycles. The van der Waals surface area contributed by atoms with Gasteiger partial charge in [0.25, 0.3) is 5.91 Å². The summed E-state index contributed by atoms with van der Waals surface area (Å²) in [5.41, 5.74) is 1.32. The molecular formula is C16H19BrN4O2S. The average molecular weight is 411 g/mol. The summed E-state index contributed by atoms with van der Waals surface area (Å²) in [7, 11) is 0. The number of nitrogens with zero attached hydrogens (tertiary/aromatic N) is 3. The smallest absolute Gasteiger partial charge is 0.276 e. The van der Waals surface area contributed by atoms with Crippen molar-refractivity contribution in [3.8, 4) is 0 Å². The van der Waals surface area contributed by atoms with Crippen molar-refractivity contribution in [2.75, 3.05) is 18.4 Å². The van der Waals surface area contributed by atoms with E-state index in [0.29, 0.717) is 15.4 Å². The van der Waals surface area contributed by atoms with E-state index in [1.54, 1.807) is 18.2 Å². The van der Waals surface area contributed by atoms with Gasteiger partial charge in [-0.05, 0) is 41.9 Å². The fourth-order valence-electron chi connectivity index (χ4n) is 2.78. The minimum atomic E-state index is -0.259. The molecule has 3 heterocycles. The van der Waals surface area contributed by atoms with Gasteiger partial charge in [0.15, 0.2) is 5.13 Å². The van der Waals surface area contributed by atoms with Gasteiger partial charge in [-0.25, -0.2) is 9.97 Å². The summed E-state index contributed by atoms with van der Waals surface area (Å²) in [5.74, 6) is -0.259. The molecule has 1 saturated heterocycles. The highest BCUT2D eigenvalue weighted by molar-refractivity contribution is 9.10. The maximum atomic E-state index is 12.2. The zero-order valence-electron chi connectivity index (χ0n) is 13.5. The lowest BCUT2D eigenvalue weighted by Crippen LogP contribution is -2.44. The Kier molecular flexibility index (Phi) is 5.60. The Balaban J connectivity index is 1.60. The number of hydrogen-bond acceptors (Lipinski definition) is 6. The van der Waals surface area contributed by atoms with Crippen LogP contribution in [0.25, 0.3) is 0 Å². The number of ether oxygens (including phenoxy) is 1. The molecule has 0 radical (unpaired) electrons. The summed E-state index contributed by atoms with van der Waals surface area (Å²) in [5, 5.41) is 5.37. The second-order valence-corrected chi connectivity index (χ2v) is 7.57. The zero-order valence-corrected chi connectivity index (χ0v) is 15.9. The molecule has 1 aliphatic rings. The van der Waals surface area contributed by atoms with Gasteiger partial charge in [-0.2, -0.15) is 0 Å². The molecule has 3 rings (SSSR count). The molecule has 0 unspecified atom stereocenters. The van der Waals surface area contributed by atoms with E-state index in [2.05, 4.69) is 50.0 Å². The number of nitrogens with one attached hydrogen (secondary N) is 1. The molecule has 0 spiro atoms. The molecule has 1 aliphatic heterocycles. The Bertz CT molecular complexity index is 714. The number of pyridine rings is 1. The second kappa shape index (κ2) is 7.69. The number of halogens is 1. The molecule has 1 fully saturated rings. The number of thiazole rings is 1. The summed E-state index contributed by atoms with van der Waals surface area (Å²) < 4.78 is 6.37. The summed E-state index contributed by atoms with van der Waals surface area (Å²) >= 11 is 4.69. The average Bonchev–Trinajstić information content (AvgIpc) is 2.93. The highest BCUT2D eigenvalue weighted by Gasteiger charge is 2.22. The van der Waals surface area contributed by atoms with Crippen molar-refractivity contribution in [2.45, 2.75) is 32.6 Å². The van der Waals surface area contributed by atoms with Crippen molar-refractivity contribution < 1.29 is 9.53 Å². The molecule has 1 amide bonds. The van der Waals surface area contributed by atoms with E-state index in [0.717, 1.165) is 25.3 Å². The standard InChI is InChI=1S/C16H19BrN4O2S/c1-10-6-21(7-11(2)23-10)8-12-9-24-16(18-12)20-15(22)13-4-3-5-14(17)19-13/h3-5,9-11H,6-8H2,1-2H3,(H,18,20,22)/t10-,11-/m1/s1. The van der Waals surface area contributed by atoms with Crippen LogP contribution in [0.1, 0.15) is 30.0 Å². The maximum absolute atomic E-state index is 12.2. The third kappa shape index (κ3) is 4.60. The highest BCUT2D eigenvalue weighted by atomic mass is 79.9. The van der Waals surface area contributed by atoms with Gasteiger partial charge in [0, 0.05) is 25.0 Å². The Morgan fingerprint density at radius 1 is 1.38 bits per heavy atom. The Morgan fingerprint density at radius 2 is 2.12 bits per heavy atom. The number of hydrogen-bond donors (Lipinski definition) is 1. The quantitative estimate of drug-likeness (QED) is 0.783. The fourth-order valence-corrected chi connectivity index (χ4v) is 3.82. The predicted octanol–water partition coefficient (Wildman–Crippen LogP) is 3.16. The molecule has 6 nitrogen and oxygen atoms in total. The van der Waals surface area contributed by atoms with Crippen molar-refractivity contribution in [2.24, 2.45) is 0 Å². The Hall–Kier alpha value is -1.35. The number of anilines is 1. The normalized spacial score (nSPS) is 21.6. The molecule has 2 aromatic heterocycles. The highest BCUT2D eigenvalue weighted by Crippen LogP contribution is 2.20. The Labute approximate surface area is 153 Å². The SMILES string of the molecule is C[C@@H]1CN(Cc2csc(NC(=O)c3cccc(Br)n3)n2)C[C@@H](C)O1. The fraction of sp³-hybridized carbons (Fsp3) is 0.438. The van der Waals surface area contributed by atoms with E-state index in [1.165, 1.54) is 11.3 Å². The first-order valence-corrected chi connectivity index (χ1v) is 9.43. The van der Waals surface area contributed by atoms with Gasteiger partial charge in [0.05, 0.1) is 17.9 Å². The van der Waals surface area contributed by atoms with E-state index in [4.69, 9.17) is 4.74 Å². The molecule has 128 valence electrons. The van der Waals surface area contributed by atoms with E-state index < -0.39 is 0 Å². The molecule has 2 aromatic rings. The minimum absolute atomic E-state index is 0.231. The zero-order chi connectivity index (χ0) is 17.1. The van der Waals surface area contributed by atoms with Crippen LogP contribution >= 0.6 is 27.3 Å². The molecule has 24 heavy (non-hydrogen) atoms. The lowest BCUT2D eigenvalue weighted by Gasteiger charge is -2.34. The maximum Gasteiger partial charge on any atom is 0.276 e. The first-order chi connectivity index (χ1) is 11.5. The van der Waals surface area contributed by atoms with Gasteiger partial charge in [-0.3, -0.25) is 15.0 Å². The molecule has 2 atom stereocenters. The van der Waals surface area contributed by atoms with E-state index in [-0.39, 0.29) is 18.1 Å². The molecule has 0 aromatic carbocycles. The van der Waals surface area contributed by atoms with Gasteiger partial charge in [0.2, 0.25) is 0 Å². The number of aromatic nitrogens is 2. The number of amides is 1. The van der Waals surface area contributed by atoms with E-state index >= 15 is 0 Å². The topological polar surface area (TPSA) is 67.4 Å². The molecule has 1 N–H and O–H groups in total. The third-order valence-electron chi connectivity index (χ3n) is 3.60. The summed E-state index contributed by atoms with van der Waals surface area (Å²) in [6.45, 7) is 6.72.